The maximum atomic E-state index is 11.5. The molecule has 3 aromatic carbocycles. The molecule has 3 aromatic rings. The maximum Gasteiger partial charge on any atom is 0.221 e. The summed E-state index contributed by atoms with van der Waals surface area (Å²) in [5.41, 5.74) is 9.78. The van der Waals surface area contributed by atoms with Crippen molar-refractivity contribution in [2.45, 2.75) is 54.4 Å². The second-order valence-corrected chi connectivity index (χ2v) is 9.16. The molecule has 0 aliphatic rings. The quantitative estimate of drug-likeness (QED) is 0.319. The van der Waals surface area contributed by atoms with E-state index in [4.69, 9.17) is 0 Å². The van der Waals surface area contributed by atoms with Crippen molar-refractivity contribution in [2.75, 3.05) is 41.3 Å². The summed E-state index contributed by atoms with van der Waals surface area (Å²) in [4.78, 5) is 16.3. The fourth-order valence-corrected chi connectivity index (χ4v) is 5.03. The van der Waals surface area contributed by atoms with Gasteiger partial charge < -0.3 is 15.1 Å². The van der Waals surface area contributed by atoms with Gasteiger partial charge in [-0.3, -0.25) is 4.79 Å². The lowest BCUT2D eigenvalue weighted by Gasteiger charge is -2.27. The minimum absolute atomic E-state index is 0.0556. The summed E-state index contributed by atoms with van der Waals surface area (Å²) in [6, 6.07) is 22.0. The summed E-state index contributed by atoms with van der Waals surface area (Å²) in [6.07, 6.45) is 0. The van der Waals surface area contributed by atoms with Gasteiger partial charge in [0, 0.05) is 56.1 Å². The van der Waals surface area contributed by atoms with E-state index in [-0.39, 0.29) is 11.8 Å². The molecule has 0 spiro atoms. The van der Waals surface area contributed by atoms with Gasteiger partial charge in [-0.25, -0.2) is 0 Å². The molecule has 0 saturated carbocycles. The molecular formula is C31H41N3O. The van der Waals surface area contributed by atoms with Gasteiger partial charge in [-0.15, -0.1) is 0 Å². The number of benzene rings is 3. The highest BCUT2D eigenvalue weighted by atomic mass is 16.1. The van der Waals surface area contributed by atoms with Crippen LogP contribution in [-0.4, -0.2) is 32.1 Å². The lowest BCUT2D eigenvalue weighted by Crippen LogP contribution is -2.22. The molecule has 0 aromatic heterocycles. The molecular weight excluding hydrogens is 430 g/mol. The molecule has 4 nitrogen and oxygen atoms in total. The van der Waals surface area contributed by atoms with E-state index in [0.29, 0.717) is 0 Å². The average molecular weight is 472 g/mol. The van der Waals surface area contributed by atoms with Gasteiger partial charge in [-0.1, -0.05) is 24.3 Å². The van der Waals surface area contributed by atoms with Crippen molar-refractivity contribution >= 4 is 23.0 Å². The normalized spacial score (nSPS) is 11.0. The van der Waals surface area contributed by atoms with E-state index in [1.54, 1.807) is 6.92 Å². The minimum atomic E-state index is -0.0556. The largest absolute Gasteiger partial charge is 0.372 e. The molecule has 0 atom stereocenters. The van der Waals surface area contributed by atoms with Crippen LogP contribution in [0.1, 0.15) is 68.4 Å². The lowest BCUT2D eigenvalue weighted by molar-refractivity contribution is -0.114. The van der Waals surface area contributed by atoms with E-state index in [9.17, 15) is 4.79 Å². The second-order valence-electron chi connectivity index (χ2n) is 9.16. The first-order chi connectivity index (χ1) is 16.8. The SMILES string of the molecule is CCN(CC)c1ccc(C(c2ccc(NC(C)=O)cc2)c2ccc(N(CC)CC)cc2C)c(C)c1. The van der Waals surface area contributed by atoms with E-state index in [0.717, 1.165) is 31.9 Å². The molecule has 0 heterocycles. The van der Waals surface area contributed by atoms with Crippen molar-refractivity contribution in [3.8, 4) is 0 Å². The number of aryl methyl sites for hydroxylation is 2. The lowest BCUT2D eigenvalue weighted by atomic mass is 9.81. The number of hydrogen-bond acceptors (Lipinski definition) is 3. The Morgan fingerprint density at radius 2 is 1.14 bits per heavy atom. The van der Waals surface area contributed by atoms with Crippen molar-refractivity contribution in [2.24, 2.45) is 0 Å². The van der Waals surface area contributed by atoms with E-state index >= 15 is 0 Å². The molecule has 0 aliphatic heterocycles. The average Bonchev–Trinajstić information content (AvgIpc) is 2.84. The van der Waals surface area contributed by atoms with Crippen LogP contribution in [0.2, 0.25) is 0 Å². The molecule has 186 valence electrons. The second kappa shape index (κ2) is 11.9. The van der Waals surface area contributed by atoms with Crippen molar-refractivity contribution in [1.82, 2.24) is 0 Å². The number of nitrogens with one attached hydrogen (secondary N) is 1. The smallest absolute Gasteiger partial charge is 0.221 e. The first-order valence-electron chi connectivity index (χ1n) is 12.9. The van der Waals surface area contributed by atoms with Crippen LogP contribution in [0.3, 0.4) is 0 Å². The zero-order valence-electron chi connectivity index (χ0n) is 22.5. The Balaban J connectivity index is 2.13. The van der Waals surface area contributed by atoms with E-state index in [2.05, 4.69) is 105 Å². The number of anilines is 3. The van der Waals surface area contributed by atoms with Crippen molar-refractivity contribution < 1.29 is 4.79 Å². The number of rotatable bonds is 10. The predicted molar refractivity (Wildman–Crippen MR) is 151 cm³/mol. The van der Waals surface area contributed by atoms with Crippen LogP contribution >= 0.6 is 0 Å². The number of amides is 1. The molecule has 0 saturated heterocycles. The molecule has 35 heavy (non-hydrogen) atoms. The van der Waals surface area contributed by atoms with Crippen LogP contribution in [-0.2, 0) is 4.79 Å². The minimum Gasteiger partial charge on any atom is -0.372 e. The highest BCUT2D eigenvalue weighted by molar-refractivity contribution is 5.88. The third kappa shape index (κ3) is 6.05. The van der Waals surface area contributed by atoms with Gasteiger partial charge in [0.25, 0.3) is 0 Å². The van der Waals surface area contributed by atoms with Gasteiger partial charge >= 0.3 is 0 Å². The van der Waals surface area contributed by atoms with Crippen LogP contribution in [0, 0.1) is 13.8 Å². The van der Waals surface area contributed by atoms with Crippen LogP contribution in [0.25, 0.3) is 0 Å². The number of carbonyl (C=O) groups is 1. The fourth-order valence-electron chi connectivity index (χ4n) is 5.03. The fraction of sp³-hybridized carbons (Fsp3) is 0.387. The van der Waals surface area contributed by atoms with Crippen molar-refractivity contribution in [3.63, 3.8) is 0 Å². The molecule has 0 aliphatic carbocycles. The molecule has 4 heteroatoms. The molecule has 0 bridgehead atoms. The summed E-state index contributed by atoms with van der Waals surface area (Å²) in [6.45, 7) is 18.8. The molecule has 0 unspecified atom stereocenters. The molecule has 3 rings (SSSR count). The molecule has 1 amide bonds. The summed E-state index contributed by atoms with van der Waals surface area (Å²) in [5.74, 6) is 0.0536. The van der Waals surface area contributed by atoms with Crippen LogP contribution in [0.4, 0.5) is 17.1 Å². The summed E-state index contributed by atoms with van der Waals surface area (Å²) < 4.78 is 0. The highest BCUT2D eigenvalue weighted by Crippen LogP contribution is 2.38. The summed E-state index contributed by atoms with van der Waals surface area (Å²) >= 11 is 0. The highest BCUT2D eigenvalue weighted by Gasteiger charge is 2.22. The summed E-state index contributed by atoms with van der Waals surface area (Å²) in [5, 5.41) is 2.89. The maximum absolute atomic E-state index is 11.5. The zero-order chi connectivity index (χ0) is 25.5. The zero-order valence-corrected chi connectivity index (χ0v) is 22.5. The Bertz CT molecular complexity index is 1070. The Hall–Kier alpha value is -3.27. The van der Waals surface area contributed by atoms with E-state index in [1.807, 2.05) is 12.1 Å². The van der Waals surface area contributed by atoms with Gasteiger partial charge in [0.15, 0.2) is 0 Å². The Labute approximate surface area is 212 Å². The monoisotopic (exact) mass is 471 g/mol. The van der Waals surface area contributed by atoms with E-state index in [1.165, 1.54) is 39.2 Å². The Morgan fingerprint density at radius 3 is 1.49 bits per heavy atom. The first kappa shape index (κ1) is 26.3. The number of carbonyl (C=O) groups excluding carboxylic acids is 1. The topological polar surface area (TPSA) is 35.6 Å². The van der Waals surface area contributed by atoms with Crippen LogP contribution in [0.5, 0.6) is 0 Å². The van der Waals surface area contributed by atoms with Gasteiger partial charge in [-0.05, 0) is 106 Å². The van der Waals surface area contributed by atoms with Gasteiger partial charge in [0.05, 0.1) is 0 Å². The molecule has 0 radical (unpaired) electrons. The molecule has 0 fully saturated rings. The Morgan fingerprint density at radius 1 is 0.714 bits per heavy atom. The van der Waals surface area contributed by atoms with Crippen LogP contribution in [0.15, 0.2) is 60.7 Å². The summed E-state index contributed by atoms with van der Waals surface area (Å²) in [7, 11) is 0. The van der Waals surface area contributed by atoms with Crippen molar-refractivity contribution in [3.05, 3.63) is 88.5 Å². The van der Waals surface area contributed by atoms with Gasteiger partial charge in [0.1, 0.15) is 0 Å². The standard InChI is InChI=1S/C31H41N3O/c1-8-33(9-2)27-16-18-29(22(5)20-27)31(25-12-14-26(15-13-25)32-24(7)35)30-19-17-28(21-23(30)6)34(10-3)11-4/h12-21,31H,8-11H2,1-7H3,(H,32,35). The predicted octanol–water partition coefficient (Wildman–Crippen LogP) is 7.13. The third-order valence-corrected chi connectivity index (χ3v) is 6.95. The van der Waals surface area contributed by atoms with Gasteiger partial charge in [-0.2, -0.15) is 0 Å². The first-order valence-corrected chi connectivity index (χ1v) is 12.9. The van der Waals surface area contributed by atoms with E-state index < -0.39 is 0 Å². The molecule has 1 N–H and O–H groups in total. The van der Waals surface area contributed by atoms with Crippen molar-refractivity contribution in [1.29, 1.82) is 0 Å². The number of hydrogen-bond donors (Lipinski definition) is 1. The third-order valence-electron chi connectivity index (χ3n) is 6.95. The number of nitrogens with zero attached hydrogens (tertiary/aromatic N) is 2. The Kier molecular flexibility index (Phi) is 8.97. The van der Waals surface area contributed by atoms with Gasteiger partial charge in [0.2, 0.25) is 5.91 Å². The van der Waals surface area contributed by atoms with Crippen LogP contribution < -0.4 is 15.1 Å².